The first kappa shape index (κ1) is 16.6. The van der Waals surface area contributed by atoms with Crippen molar-refractivity contribution in [1.29, 1.82) is 0 Å². The van der Waals surface area contributed by atoms with Crippen LogP contribution in [0.25, 0.3) is 0 Å². The molecule has 0 unspecified atom stereocenters. The summed E-state index contributed by atoms with van der Waals surface area (Å²) in [5, 5.41) is 3.17. The van der Waals surface area contributed by atoms with Crippen molar-refractivity contribution in [3.8, 4) is 5.75 Å². The zero-order valence-corrected chi connectivity index (χ0v) is 14.5. The number of hydrogen-bond donors (Lipinski definition) is 1. The maximum atomic E-state index is 13.9. The Hall–Kier alpha value is -1.82. The fourth-order valence-corrected chi connectivity index (χ4v) is 4.61. The molecule has 136 valence electrons. The predicted molar refractivity (Wildman–Crippen MR) is 91.0 cm³/mol. The zero-order chi connectivity index (χ0) is 17.4. The van der Waals surface area contributed by atoms with Gasteiger partial charge in [0.05, 0.1) is 19.3 Å². The average molecular weight is 348 g/mol. The van der Waals surface area contributed by atoms with Crippen LogP contribution in [-0.4, -0.2) is 43.8 Å². The summed E-state index contributed by atoms with van der Waals surface area (Å²) in [4.78, 5) is 14.8. The van der Waals surface area contributed by atoms with Gasteiger partial charge in [-0.3, -0.25) is 0 Å². The van der Waals surface area contributed by atoms with Gasteiger partial charge in [-0.2, -0.15) is 0 Å². The number of rotatable bonds is 3. The van der Waals surface area contributed by atoms with E-state index >= 15 is 0 Å². The minimum atomic E-state index is -0.297. The van der Waals surface area contributed by atoms with Crippen molar-refractivity contribution in [2.24, 2.45) is 11.8 Å². The number of carbonyl (C=O) groups is 1. The molecule has 1 aliphatic carbocycles. The Kier molecular flexibility index (Phi) is 4.54. The Morgan fingerprint density at radius 3 is 2.96 bits per heavy atom. The summed E-state index contributed by atoms with van der Waals surface area (Å²) >= 11 is 0. The Balaban J connectivity index is 1.62. The topological polar surface area (TPSA) is 50.8 Å². The monoisotopic (exact) mass is 348 g/mol. The minimum absolute atomic E-state index is 0.0439. The number of methoxy groups -OCH3 is 1. The number of carbonyl (C=O) groups excluding carboxylic acids is 1. The molecular weight excluding hydrogens is 323 g/mol. The van der Waals surface area contributed by atoms with Crippen LogP contribution in [-0.2, 0) is 4.74 Å². The van der Waals surface area contributed by atoms with Crippen LogP contribution in [0.4, 0.5) is 9.18 Å². The van der Waals surface area contributed by atoms with Crippen LogP contribution in [0, 0.1) is 17.7 Å². The molecule has 1 N–H and O–H groups in total. The molecule has 6 heteroatoms. The Morgan fingerprint density at radius 2 is 2.20 bits per heavy atom. The molecule has 1 saturated heterocycles. The largest absolute Gasteiger partial charge is 0.493 e. The first-order valence-electron chi connectivity index (χ1n) is 9.15. The molecule has 4 rings (SSSR count). The van der Waals surface area contributed by atoms with E-state index in [2.05, 4.69) is 5.32 Å². The van der Waals surface area contributed by atoms with Gasteiger partial charge in [0.1, 0.15) is 11.6 Å². The van der Waals surface area contributed by atoms with E-state index in [1.165, 1.54) is 25.0 Å². The number of ether oxygens (including phenoxy) is 2. The second kappa shape index (κ2) is 6.83. The number of fused-ring (bicyclic) bond motifs is 3. The van der Waals surface area contributed by atoms with Crippen molar-refractivity contribution in [3.05, 3.63) is 29.6 Å². The maximum absolute atomic E-state index is 13.9. The lowest BCUT2D eigenvalue weighted by molar-refractivity contribution is 0.0998. The van der Waals surface area contributed by atoms with E-state index in [0.29, 0.717) is 25.5 Å². The normalized spacial score (nSPS) is 28.4. The molecule has 0 radical (unpaired) electrons. The van der Waals surface area contributed by atoms with Gasteiger partial charge in [0, 0.05) is 37.1 Å². The maximum Gasteiger partial charge on any atom is 0.318 e. The van der Waals surface area contributed by atoms with Crippen molar-refractivity contribution in [1.82, 2.24) is 10.2 Å². The predicted octanol–water partition coefficient (Wildman–Crippen LogP) is 3.11. The zero-order valence-electron chi connectivity index (χ0n) is 14.5. The molecule has 0 bridgehead atoms. The lowest BCUT2D eigenvalue weighted by Crippen LogP contribution is -2.45. The third-order valence-electron chi connectivity index (χ3n) is 5.82. The summed E-state index contributed by atoms with van der Waals surface area (Å²) in [5.41, 5.74) is 0.774. The van der Waals surface area contributed by atoms with Gasteiger partial charge in [-0.1, -0.05) is 12.8 Å². The summed E-state index contributed by atoms with van der Waals surface area (Å²) < 4.78 is 25.1. The van der Waals surface area contributed by atoms with Gasteiger partial charge in [0.15, 0.2) is 0 Å². The summed E-state index contributed by atoms with van der Waals surface area (Å²) in [6.07, 6.45) is 4.43. The SMILES string of the molecule is COC[C@@H]1CN(C(=O)NC2CCCC2)[C@H]2c3cc(F)ccc3OC[C@@H]12. The highest BCUT2D eigenvalue weighted by atomic mass is 19.1. The van der Waals surface area contributed by atoms with Crippen LogP contribution in [0.2, 0.25) is 0 Å². The Labute approximate surface area is 147 Å². The van der Waals surface area contributed by atoms with Gasteiger partial charge in [0.25, 0.3) is 0 Å². The number of benzene rings is 1. The number of urea groups is 1. The van der Waals surface area contributed by atoms with E-state index in [-0.39, 0.29) is 35.8 Å². The fraction of sp³-hybridized carbons (Fsp3) is 0.632. The third-order valence-corrected chi connectivity index (χ3v) is 5.82. The van der Waals surface area contributed by atoms with Gasteiger partial charge in [-0.15, -0.1) is 0 Å². The van der Waals surface area contributed by atoms with E-state index in [1.54, 1.807) is 13.2 Å². The highest BCUT2D eigenvalue weighted by Crippen LogP contribution is 2.47. The molecule has 1 aromatic carbocycles. The molecule has 3 aliphatic rings. The lowest BCUT2D eigenvalue weighted by atomic mass is 9.85. The van der Waals surface area contributed by atoms with Gasteiger partial charge in [-0.25, -0.2) is 9.18 Å². The molecule has 2 amide bonds. The first-order chi connectivity index (χ1) is 12.2. The second-order valence-electron chi connectivity index (χ2n) is 7.40. The molecular formula is C19H25FN2O3. The Bertz CT molecular complexity index is 648. The van der Waals surface area contributed by atoms with E-state index in [0.717, 1.165) is 18.4 Å². The minimum Gasteiger partial charge on any atom is -0.493 e. The molecule has 25 heavy (non-hydrogen) atoms. The summed E-state index contributed by atoms with van der Waals surface area (Å²) in [6, 6.07) is 4.65. The van der Waals surface area contributed by atoms with E-state index in [9.17, 15) is 9.18 Å². The molecule has 0 aromatic heterocycles. The molecule has 5 nitrogen and oxygen atoms in total. The molecule has 2 aliphatic heterocycles. The lowest BCUT2D eigenvalue weighted by Gasteiger charge is -2.34. The smallest absolute Gasteiger partial charge is 0.318 e. The number of halogens is 1. The third kappa shape index (κ3) is 3.08. The Morgan fingerprint density at radius 1 is 1.40 bits per heavy atom. The highest BCUT2D eigenvalue weighted by molar-refractivity contribution is 5.76. The fourth-order valence-electron chi connectivity index (χ4n) is 4.61. The van der Waals surface area contributed by atoms with Gasteiger partial charge >= 0.3 is 6.03 Å². The molecule has 3 atom stereocenters. The van der Waals surface area contributed by atoms with Crippen LogP contribution in [0.5, 0.6) is 5.75 Å². The number of amides is 2. The van der Waals surface area contributed by atoms with Gasteiger partial charge < -0.3 is 19.7 Å². The number of nitrogens with one attached hydrogen (secondary N) is 1. The first-order valence-corrected chi connectivity index (χ1v) is 9.15. The van der Waals surface area contributed by atoms with Gasteiger partial charge in [-0.05, 0) is 31.0 Å². The standard InChI is InChI=1S/C19H25FN2O3/c1-24-10-12-9-22(19(23)21-14-4-2-3-5-14)18-15-8-13(20)6-7-17(15)25-11-16(12)18/h6-8,12,14,16,18H,2-5,9-11H2,1H3,(H,21,23)/t12-,16-,18-/m0/s1. The van der Waals surface area contributed by atoms with Gasteiger partial charge in [0.2, 0.25) is 0 Å². The molecule has 2 fully saturated rings. The van der Waals surface area contributed by atoms with Crippen molar-refractivity contribution in [2.45, 2.75) is 37.8 Å². The molecule has 2 heterocycles. The van der Waals surface area contributed by atoms with E-state index in [4.69, 9.17) is 9.47 Å². The number of likely N-dealkylation sites (tertiary alicyclic amines) is 1. The summed E-state index contributed by atoms with van der Waals surface area (Å²) in [6.45, 7) is 1.72. The molecule has 1 aromatic rings. The molecule has 0 spiro atoms. The van der Waals surface area contributed by atoms with Crippen LogP contribution in [0.1, 0.15) is 37.3 Å². The number of nitrogens with zero attached hydrogens (tertiary/aromatic N) is 1. The van der Waals surface area contributed by atoms with Crippen molar-refractivity contribution >= 4 is 6.03 Å². The quantitative estimate of drug-likeness (QED) is 0.913. The number of hydrogen-bond acceptors (Lipinski definition) is 3. The second-order valence-corrected chi connectivity index (χ2v) is 7.40. The van der Waals surface area contributed by atoms with Crippen LogP contribution in [0.3, 0.4) is 0 Å². The average Bonchev–Trinajstić information content (AvgIpc) is 3.23. The summed E-state index contributed by atoms with van der Waals surface area (Å²) in [5.74, 6) is 0.707. The van der Waals surface area contributed by atoms with E-state index in [1.807, 2.05) is 4.90 Å². The van der Waals surface area contributed by atoms with Crippen molar-refractivity contribution < 1.29 is 18.7 Å². The molecule has 1 saturated carbocycles. The van der Waals surface area contributed by atoms with Crippen LogP contribution >= 0.6 is 0 Å². The van der Waals surface area contributed by atoms with Crippen molar-refractivity contribution in [2.75, 3.05) is 26.9 Å². The van der Waals surface area contributed by atoms with E-state index < -0.39 is 0 Å². The van der Waals surface area contributed by atoms with Crippen molar-refractivity contribution in [3.63, 3.8) is 0 Å². The summed E-state index contributed by atoms with van der Waals surface area (Å²) in [7, 11) is 1.67. The van der Waals surface area contributed by atoms with Crippen LogP contribution in [0.15, 0.2) is 18.2 Å². The van der Waals surface area contributed by atoms with Crippen LogP contribution < -0.4 is 10.1 Å². The highest BCUT2D eigenvalue weighted by Gasteiger charge is 2.48.